The summed E-state index contributed by atoms with van der Waals surface area (Å²) in [6, 6.07) is 0. The van der Waals surface area contributed by atoms with E-state index in [-0.39, 0.29) is 18.1 Å². The van der Waals surface area contributed by atoms with Crippen molar-refractivity contribution in [2.45, 2.75) is 38.4 Å². The van der Waals surface area contributed by atoms with E-state index in [0.717, 1.165) is 12.8 Å². The fourth-order valence-electron chi connectivity index (χ4n) is 2.05. The summed E-state index contributed by atoms with van der Waals surface area (Å²) < 4.78 is 5.45. The summed E-state index contributed by atoms with van der Waals surface area (Å²) in [5, 5.41) is 0. The van der Waals surface area contributed by atoms with Crippen LogP contribution in [0.3, 0.4) is 0 Å². The molecule has 1 saturated heterocycles. The minimum atomic E-state index is -0.115. The SMILES string of the molecule is C[C@H]1O[C@@H]2CCC[C@@H]2C1=O. The van der Waals surface area contributed by atoms with Crippen molar-refractivity contribution < 1.29 is 9.53 Å². The van der Waals surface area contributed by atoms with Crippen molar-refractivity contribution in [3.8, 4) is 0 Å². The molecular weight excluding hydrogens is 128 g/mol. The first kappa shape index (κ1) is 6.35. The molecule has 3 atom stereocenters. The van der Waals surface area contributed by atoms with Crippen LogP contribution in [-0.4, -0.2) is 18.0 Å². The summed E-state index contributed by atoms with van der Waals surface area (Å²) in [5.41, 5.74) is 0. The highest BCUT2D eigenvalue weighted by Gasteiger charge is 2.43. The summed E-state index contributed by atoms with van der Waals surface area (Å²) in [4.78, 5) is 11.3. The van der Waals surface area contributed by atoms with Gasteiger partial charge in [-0.3, -0.25) is 4.79 Å². The Hall–Kier alpha value is -0.370. The van der Waals surface area contributed by atoms with Gasteiger partial charge in [-0.05, 0) is 19.8 Å². The Morgan fingerprint density at radius 1 is 1.50 bits per heavy atom. The van der Waals surface area contributed by atoms with Crippen molar-refractivity contribution >= 4 is 5.78 Å². The van der Waals surface area contributed by atoms with Gasteiger partial charge in [0, 0.05) is 5.92 Å². The highest BCUT2D eigenvalue weighted by Crippen LogP contribution is 2.36. The zero-order chi connectivity index (χ0) is 7.14. The zero-order valence-electron chi connectivity index (χ0n) is 6.17. The lowest BCUT2D eigenvalue weighted by Gasteiger charge is -2.04. The lowest BCUT2D eigenvalue weighted by molar-refractivity contribution is -0.124. The van der Waals surface area contributed by atoms with Crippen LogP contribution in [-0.2, 0) is 9.53 Å². The molecule has 0 aromatic rings. The summed E-state index contributed by atoms with van der Waals surface area (Å²) in [7, 11) is 0. The molecule has 1 saturated carbocycles. The molecule has 1 aliphatic heterocycles. The number of rotatable bonds is 0. The van der Waals surface area contributed by atoms with Crippen LogP contribution < -0.4 is 0 Å². The third-order valence-corrected chi connectivity index (χ3v) is 2.60. The van der Waals surface area contributed by atoms with Gasteiger partial charge in [0.05, 0.1) is 6.10 Å². The van der Waals surface area contributed by atoms with Crippen LogP contribution >= 0.6 is 0 Å². The first-order valence-electron chi connectivity index (χ1n) is 3.98. The third kappa shape index (κ3) is 0.717. The Kier molecular flexibility index (Phi) is 1.31. The minimum Gasteiger partial charge on any atom is -0.367 e. The number of carbonyl (C=O) groups excluding carboxylic acids is 1. The van der Waals surface area contributed by atoms with Gasteiger partial charge in [-0.1, -0.05) is 6.42 Å². The molecule has 2 nitrogen and oxygen atoms in total. The second kappa shape index (κ2) is 2.06. The molecule has 0 spiro atoms. The first-order chi connectivity index (χ1) is 4.79. The van der Waals surface area contributed by atoms with Crippen LogP contribution in [0.5, 0.6) is 0 Å². The van der Waals surface area contributed by atoms with Gasteiger partial charge in [0.1, 0.15) is 6.10 Å². The van der Waals surface area contributed by atoms with E-state index < -0.39 is 0 Å². The lowest BCUT2D eigenvalue weighted by Crippen LogP contribution is -2.15. The molecule has 0 aromatic carbocycles. The quantitative estimate of drug-likeness (QED) is 0.504. The van der Waals surface area contributed by atoms with E-state index in [4.69, 9.17) is 4.74 Å². The Morgan fingerprint density at radius 2 is 2.30 bits per heavy atom. The molecule has 1 heterocycles. The van der Waals surface area contributed by atoms with E-state index in [9.17, 15) is 4.79 Å². The molecule has 2 heteroatoms. The minimum absolute atomic E-state index is 0.115. The number of hydrogen-bond donors (Lipinski definition) is 0. The summed E-state index contributed by atoms with van der Waals surface area (Å²) in [6.45, 7) is 1.86. The van der Waals surface area contributed by atoms with Gasteiger partial charge in [-0.2, -0.15) is 0 Å². The number of carbonyl (C=O) groups is 1. The maximum Gasteiger partial charge on any atom is 0.166 e. The molecule has 0 N–H and O–H groups in total. The molecule has 0 aromatic heterocycles. The van der Waals surface area contributed by atoms with E-state index >= 15 is 0 Å². The Balaban J connectivity index is 2.17. The fraction of sp³-hybridized carbons (Fsp3) is 0.875. The maximum absolute atomic E-state index is 11.3. The molecule has 1 aliphatic carbocycles. The number of ketones is 1. The lowest BCUT2D eigenvalue weighted by atomic mass is 10.0. The molecule has 2 fully saturated rings. The largest absolute Gasteiger partial charge is 0.367 e. The van der Waals surface area contributed by atoms with Crippen molar-refractivity contribution in [3.05, 3.63) is 0 Å². The van der Waals surface area contributed by atoms with Crippen molar-refractivity contribution in [1.29, 1.82) is 0 Å². The second-order valence-corrected chi connectivity index (χ2v) is 3.26. The third-order valence-electron chi connectivity index (χ3n) is 2.60. The monoisotopic (exact) mass is 140 g/mol. The van der Waals surface area contributed by atoms with Crippen LogP contribution in [0.25, 0.3) is 0 Å². The van der Waals surface area contributed by atoms with E-state index in [1.807, 2.05) is 6.92 Å². The fourth-order valence-corrected chi connectivity index (χ4v) is 2.05. The number of hydrogen-bond acceptors (Lipinski definition) is 2. The van der Waals surface area contributed by atoms with Gasteiger partial charge in [0.25, 0.3) is 0 Å². The van der Waals surface area contributed by atoms with Gasteiger partial charge in [-0.15, -0.1) is 0 Å². The first-order valence-corrected chi connectivity index (χ1v) is 3.98. The van der Waals surface area contributed by atoms with Gasteiger partial charge >= 0.3 is 0 Å². The highest BCUT2D eigenvalue weighted by atomic mass is 16.5. The smallest absolute Gasteiger partial charge is 0.166 e. The van der Waals surface area contributed by atoms with Crippen LogP contribution in [0.1, 0.15) is 26.2 Å². The van der Waals surface area contributed by atoms with E-state index in [1.54, 1.807) is 0 Å². The van der Waals surface area contributed by atoms with Crippen LogP contribution in [0.4, 0.5) is 0 Å². The molecular formula is C8H12O2. The Morgan fingerprint density at radius 3 is 3.00 bits per heavy atom. The normalized spacial score (nSPS) is 46.1. The van der Waals surface area contributed by atoms with Gasteiger partial charge in [-0.25, -0.2) is 0 Å². The number of fused-ring (bicyclic) bond motifs is 1. The van der Waals surface area contributed by atoms with Gasteiger partial charge in [0.2, 0.25) is 0 Å². The van der Waals surface area contributed by atoms with Gasteiger partial charge in [0.15, 0.2) is 5.78 Å². The van der Waals surface area contributed by atoms with Crippen molar-refractivity contribution in [1.82, 2.24) is 0 Å². The number of ether oxygens (including phenoxy) is 1. The molecule has 0 amide bonds. The molecule has 56 valence electrons. The average molecular weight is 140 g/mol. The predicted octanol–water partition coefficient (Wildman–Crippen LogP) is 1.14. The van der Waals surface area contributed by atoms with E-state index in [1.165, 1.54) is 6.42 Å². The molecule has 0 radical (unpaired) electrons. The van der Waals surface area contributed by atoms with E-state index in [0.29, 0.717) is 5.78 Å². The summed E-state index contributed by atoms with van der Waals surface area (Å²) in [5.74, 6) is 0.595. The molecule has 10 heavy (non-hydrogen) atoms. The Labute approximate surface area is 60.6 Å². The van der Waals surface area contributed by atoms with Crippen molar-refractivity contribution in [2.24, 2.45) is 5.92 Å². The summed E-state index contributed by atoms with van der Waals surface area (Å²) in [6.07, 6.45) is 3.50. The standard InChI is InChI=1S/C8H12O2/c1-5-8(9)6-3-2-4-7(6)10-5/h5-7H,2-4H2,1H3/t5-,6+,7-/m1/s1. The van der Waals surface area contributed by atoms with Crippen LogP contribution in [0.15, 0.2) is 0 Å². The second-order valence-electron chi connectivity index (χ2n) is 3.26. The maximum atomic E-state index is 11.3. The predicted molar refractivity (Wildman–Crippen MR) is 36.7 cm³/mol. The molecule has 2 rings (SSSR count). The average Bonchev–Trinajstić information content (AvgIpc) is 2.41. The van der Waals surface area contributed by atoms with Crippen molar-refractivity contribution in [3.63, 3.8) is 0 Å². The van der Waals surface area contributed by atoms with Crippen molar-refractivity contribution in [2.75, 3.05) is 0 Å². The topological polar surface area (TPSA) is 26.3 Å². The molecule has 0 unspecified atom stereocenters. The summed E-state index contributed by atoms with van der Waals surface area (Å²) >= 11 is 0. The number of Topliss-reactive ketones (excluding diaryl/α,β-unsaturated/α-hetero) is 1. The van der Waals surface area contributed by atoms with Gasteiger partial charge < -0.3 is 4.74 Å². The van der Waals surface area contributed by atoms with Crippen LogP contribution in [0, 0.1) is 5.92 Å². The molecule has 0 bridgehead atoms. The van der Waals surface area contributed by atoms with Crippen LogP contribution in [0.2, 0.25) is 0 Å². The zero-order valence-corrected chi connectivity index (χ0v) is 6.17. The Bertz CT molecular complexity index is 165. The molecule has 2 aliphatic rings. The van der Waals surface area contributed by atoms with E-state index in [2.05, 4.69) is 0 Å². The highest BCUT2D eigenvalue weighted by molar-refractivity contribution is 5.87.